The second-order valence-electron chi connectivity index (χ2n) is 5.49. The van der Waals surface area contributed by atoms with E-state index in [1.54, 1.807) is 36.5 Å². The van der Waals surface area contributed by atoms with Crippen molar-refractivity contribution < 1.29 is 4.74 Å². The SMILES string of the molecule is CC1(COc2ccnn(-c3cccc(Cl)c3)c2=O)CC1. The van der Waals surface area contributed by atoms with E-state index in [9.17, 15) is 4.79 Å². The molecule has 0 bridgehead atoms. The zero-order valence-electron chi connectivity index (χ0n) is 11.2. The van der Waals surface area contributed by atoms with E-state index < -0.39 is 0 Å². The lowest BCUT2D eigenvalue weighted by molar-refractivity contribution is 0.243. The predicted octanol–water partition coefficient (Wildman–Crippen LogP) is 3.06. The molecule has 1 heterocycles. The molecule has 0 aliphatic heterocycles. The molecule has 0 amide bonds. The van der Waals surface area contributed by atoms with Crippen molar-refractivity contribution in [2.24, 2.45) is 5.41 Å². The van der Waals surface area contributed by atoms with Crippen LogP contribution in [0.5, 0.6) is 5.75 Å². The van der Waals surface area contributed by atoms with Crippen LogP contribution >= 0.6 is 11.6 Å². The number of nitrogens with zero attached hydrogens (tertiary/aromatic N) is 2. The van der Waals surface area contributed by atoms with E-state index in [4.69, 9.17) is 16.3 Å². The largest absolute Gasteiger partial charge is 0.487 e. The van der Waals surface area contributed by atoms with Crippen molar-refractivity contribution in [3.8, 4) is 11.4 Å². The van der Waals surface area contributed by atoms with Gasteiger partial charge in [-0.15, -0.1) is 0 Å². The molecule has 1 aromatic carbocycles. The lowest BCUT2D eigenvalue weighted by atomic mass is 10.2. The second kappa shape index (κ2) is 4.94. The van der Waals surface area contributed by atoms with Gasteiger partial charge in [0.05, 0.1) is 18.5 Å². The van der Waals surface area contributed by atoms with Crippen molar-refractivity contribution in [3.63, 3.8) is 0 Å². The fraction of sp³-hybridized carbons (Fsp3) is 0.333. The van der Waals surface area contributed by atoms with E-state index in [-0.39, 0.29) is 11.0 Å². The Kier molecular flexibility index (Phi) is 3.26. The average Bonchev–Trinajstić information content (AvgIpc) is 3.16. The summed E-state index contributed by atoms with van der Waals surface area (Å²) in [4.78, 5) is 12.4. The summed E-state index contributed by atoms with van der Waals surface area (Å²) in [5.74, 6) is 0.327. The predicted molar refractivity (Wildman–Crippen MR) is 77.7 cm³/mol. The van der Waals surface area contributed by atoms with Gasteiger partial charge in [0.1, 0.15) is 0 Å². The molecule has 0 radical (unpaired) electrons. The Morgan fingerprint density at radius 3 is 2.90 bits per heavy atom. The monoisotopic (exact) mass is 290 g/mol. The van der Waals surface area contributed by atoms with Crippen LogP contribution in [0.15, 0.2) is 41.3 Å². The molecular weight excluding hydrogens is 276 g/mol. The minimum atomic E-state index is -0.265. The molecule has 1 aromatic heterocycles. The minimum absolute atomic E-state index is 0.233. The van der Waals surface area contributed by atoms with E-state index in [0.717, 1.165) is 12.8 Å². The molecule has 1 fully saturated rings. The zero-order chi connectivity index (χ0) is 14.2. The Hall–Kier alpha value is -1.81. The molecule has 0 saturated heterocycles. The van der Waals surface area contributed by atoms with Crippen LogP contribution in [-0.2, 0) is 0 Å². The lowest BCUT2D eigenvalue weighted by Crippen LogP contribution is -2.24. The Morgan fingerprint density at radius 2 is 2.20 bits per heavy atom. The maximum absolute atomic E-state index is 12.4. The van der Waals surface area contributed by atoms with Crippen molar-refractivity contribution in [2.75, 3.05) is 6.61 Å². The van der Waals surface area contributed by atoms with Gasteiger partial charge in [-0.05, 0) is 31.0 Å². The van der Waals surface area contributed by atoms with Gasteiger partial charge in [-0.3, -0.25) is 4.79 Å². The third-order valence-corrected chi connectivity index (χ3v) is 3.78. The van der Waals surface area contributed by atoms with Crippen LogP contribution < -0.4 is 10.3 Å². The molecule has 2 aromatic rings. The first-order valence-electron chi connectivity index (χ1n) is 6.55. The third kappa shape index (κ3) is 2.70. The van der Waals surface area contributed by atoms with Gasteiger partial charge in [0.2, 0.25) is 0 Å². The van der Waals surface area contributed by atoms with Crippen molar-refractivity contribution in [3.05, 3.63) is 51.9 Å². The van der Waals surface area contributed by atoms with E-state index >= 15 is 0 Å². The molecule has 104 valence electrons. The van der Waals surface area contributed by atoms with Crippen LogP contribution in [0.25, 0.3) is 5.69 Å². The van der Waals surface area contributed by atoms with Gasteiger partial charge in [0, 0.05) is 16.5 Å². The van der Waals surface area contributed by atoms with Gasteiger partial charge in [0.15, 0.2) is 5.75 Å². The molecule has 4 nitrogen and oxygen atoms in total. The maximum atomic E-state index is 12.4. The highest BCUT2D eigenvalue weighted by molar-refractivity contribution is 6.30. The van der Waals surface area contributed by atoms with Crippen LogP contribution in [-0.4, -0.2) is 16.4 Å². The normalized spacial score (nSPS) is 15.9. The molecular formula is C15H15ClN2O2. The molecule has 3 rings (SSSR count). The Labute approximate surface area is 122 Å². The first kappa shape index (κ1) is 13.2. The second-order valence-corrected chi connectivity index (χ2v) is 5.93. The van der Waals surface area contributed by atoms with Crippen molar-refractivity contribution in [2.45, 2.75) is 19.8 Å². The summed E-state index contributed by atoms with van der Waals surface area (Å²) in [6, 6.07) is 8.62. The molecule has 0 N–H and O–H groups in total. The van der Waals surface area contributed by atoms with Gasteiger partial charge in [0.25, 0.3) is 0 Å². The van der Waals surface area contributed by atoms with Crippen LogP contribution in [0.2, 0.25) is 5.02 Å². The van der Waals surface area contributed by atoms with Crippen molar-refractivity contribution >= 4 is 11.6 Å². The molecule has 20 heavy (non-hydrogen) atoms. The van der Waals surface area contributed by atoms with Gasteiger partial charge >= 0.3 is 5.56 Å². The summed E-state index contributed by atoms with van der Waals surface area (Å²) in [5.41, 5.74) is 0.598. The third-order valence-electron chi connectivity index (χ3n) is 3.54. The van der Waals surface area contributed by atoms with Crippen LogP contribution in [0.1, 0.15) is 19.8 Å². The molecule has 1 aliphatic carbocycles. The number of aromatic nitrogens is 2. The van der Waals surface area contributed by atoms with Crippen LogP contribution in [0, 0.1) is 5.41 Å². The Morgan fingerprint density at radius 1 is 1.40 bits per heavy atom. The van der Waals surface area contributed by atoms with Crippen molar-refractivity contribution in [1.29, 1.82) is 0 Å². The standard InChI is InChI=1S/C15H15ClN2O2/c1-15(6-7-15)10-20-13-5-8-17-18(14(13)19)12-4-2-3-11(16)9-12/h2-5,8-9H,6-7,10H2,1H3. The average molecular weight is 291 g/mol. The van der Waals surface area contributed by atoms with Gasteiger partial charge in [-0.25, -0.2) is 0 Å². The zero-order valence-corrected chi connectivity index (χ0v) is 11.9. The van der Waals surface area contributed by atoms with E-state index in [2.05, 4.69) is 12.0 Å². The van der Waals surface area contributed by atoms with E-state index in [1.165, 1.54) is 4.68 Å². The first-order valence-corrected chi connectivity index (χ1v) is 6.92. The molecule has 0 spiro atoms. The first-order chi connectivity index (χ1) is 9.57. The number of ether oxygens (including phenoxy) is 1. The number of rotatable bonds is 4. The summed E-state index contributed by atoms with van der Waals surface area (Å²) in [5, 5.41) is 4.64. The topological polar surface area (TPSA) is 44.1 Å². The summed E-state index contributed by atoms with van der Waals surface area (Å²) in [6.45, 7) is 2.73. The minimum Gasteiger partial charge on any atom is -0.487 e. The fourth-order valence-corrected chi connectivity index (χ4v) is 2.09. The van der Waals surface area contributed by atoms with Gasteiger partial charge < -0.3 is 4.74 Å². The molecule has 0 unspecified atom stereocenters. The maximum Gasteiger partial charge on any atom is 0.313 e. The highest BCUT2D eigenvalue weighted by Crippen LogP contribution is 2.44. The summed E-state index contributed by atoms with van der Waals surface area (Å²) < 4.78 is 6.95. The van der Waals surface area contributed by atoms with Gasteiger partial charge in [-0.2, -0.15) is 9.78 Å². The quantitative estimate of drug-likeness (QED) is 0.869. The molecule has 5 heteroatoms. The number of benzene rings is 1. The molecule has 1 saturated carbocycles. The summed E-state index contributed by atoms with van der Waals surface area (Å²) in [7, 11) is 0. The van der Waals surface area contributed by atoms with E-state index in [1.807, 2.05) is 0 Å². The van der Waals surface area contributed by atoms with Crippen molar-refractivity contribution in [1.82, 2.24) is 9.78 Å². The fourth-order valence-electron chi connectivity index (χ4n) is 1.91. The lowest BCUT2D eigenvalue weighted by Gasteiger charge is -2.11. The highest BCUT2D eigenvalue weighted by Gasteiger charge is 2.38. The Bertz CT molecular complexity index is 692. The van der Waals surface area contributed by atoms with Gasteiger partial charge in [-0.1, -0.05) is 24.6 Å². The number of halogens is 1. The van der Waals surface area contributed by atoms with E-state index in [0.29, 0.717) is 23.1 Å². The summed E-state index contributed by atoms with van der Waals surface area (Å²) >= 11 is 5.94. The van der Waals surface area contributed by atoms with Crippen LogP contribution in [0.4, 0.5) is 0 Å². The molecule has 0 atom stereocenters. The summed E-state index contributed by atoms with van der Waals surface area (Å²) in [6.07, 6.45) is 3.87. The number of hydrogen-bond acceptors (Lipinski definition) is 3. The van der Waals surface area contributed by atoms with Crippen LogP contribution in [0.3, 0.4) is 0 Å². The number of hydrogen-bond donors (Lipinski definition) is 0. The Balaban J connectivity index is 1.90. The molecule has 1 aliphatic rings. The highest BCUT2D eigenvalue weighted by atomic mass is 35.5. The smallest absolute Gasteiger partial charge is 0.313 e.